The third-order valence-corrected chi connectivity index (χ3v) is 3.13. The molecule has 0 fully saturated rings. The first-order valence-electron chi connectivity index (χ1n) is 5.58. The molecule has 0 bridgehead atoms. The van der Waals surface area contributed by atoms with Crippen LogP contribution < -0.4 is 0 Å². The first-order valence-corrected chi connectivity index (χ1v) is 7.40. The standard InChI is InChI=1S/C13H15NO3S/c1-18(15,16)17-10-13-12(7-8-14-13)9-11-5-3-2-4-6-11/h2-8,14H,9-10H2,1H3. The molecule has 0 saturated heterocycles. The Hall–Kier alpha value is -1.59. The van der Waals surface area contributed by atoms with Crippen molar-refractivity contribution >= 4 is 10.1 Å². The first-order chi connectivity index (χ1) is 8.54. The summed E-state index contributed by atoms with van der Waals surface area (Å²) in [6, 6.07) is 11.9. The van der Waals surface area contributed by atoms with Gasteiger partial charge in [-0.15, -0.1) is 0 Å². The summed E-state index contributed by atoms with van der Waals surface area (Å²) in [5.41, 5.74) is 3.02. The molecule has 96 valence electrons. The minimum Gasteiger partial charge on any atom is -0.363 e. The van der Waals surface area contributed by atoms with Crippen molar-refractivity contribution in [3.05, 3.63) is 59.4 Å². The Bertz CT molecular complexity index is 602. The number of benzene rings is 1. The van der Waals surface area contributed by atoms with Crippen LogP contribution in [0.25, 0.3) is 0 Å². The molecule has 1 aromatic heterocycles. The van der Waals surface area contributed by atoms with E-state index in [1.807, 2.05) is 36.4 Å². The summed E-state index contributed by atoms with van der Waals surface area (Å²) < 4.78 is 26.7. The molecular formula is C13H15NO3S. The lowest BCUT2D eigenvalue weighted by molar-refractivity contribution is 0.307. The monoisotopic (exact) mass is 265 g/mol. The van der Waals surface area contributed by atoms with E-state index in [2.05, 4.69) is 4.98 Å². The molecule has 0 amide bonds. The predicted octanol–water partition coefficient (Wildman–Crippen LogP) is 2.08. The number of rotatable bonds is 5. The second-order valence-electron chi connectivity index (χ2n) is 4.11. The topological polar surface area (TPSA) is 59.2 Å². The van der Waals surface area contributed by atoms with Gasteiger partial charge in [0, 0.05) is 11.9 Å². The van der Waals surface area contributed by atoms with E-state index >= 15 is 0 Å². The average molecular weight is 265 g/mol. The second-order valence-corrected chi connectivity index (χ2v) is 5.75. The Morgan fingerprint density at radius 3 is 2.56 bits per heavy atom. The first kappa shape index (κ1) is 12.9. The zero-order valence-corrected chi connectivity index (χ0v) is 10.9. The lowest BCUT2D eigenvalue weighted by Crippen LogP contribution is -2.04. The second kappa shape index (κ2) is 5.37. The van der Waals surface area contributed by atoms with Crippen LogP contribution in [-0.2, 0) is 27.3 Å². The van der Waals surface area contributed by atoms with Crippen molar-refractivity contribution in [1.82, 2.24) is 4.98 Å². The van der Waals surface area contributed by atoms with Crippen molar-refractivity contribution in [2.75, 3.05) is 6.26 Å². The maximum atomic E-state index is 11.0. The molecule has 2 rings (SSSR count). The lowest BCUT2D eigenvalue weighted by Gasteiger charge is -2.04. The number of aromatic nitrogens is 1. The van der Waals surface area contributed by atoms with Crippen molar-refractivity contribution in [3.63, 3.8) is 0 Å². The van der Waals surface area contributed by atoms with E-state index in [-0.39, 0.29) is 6.61 Å². The van der Waals surface area contributed by atoms with Crippen molar-refractivity contribution < 1.29 is 12.6 Å². The molecular weight excluding hydrogens is 250 g/mol. The Morgan fingerprint density at radius 2 is 1.89 bits per heavy atom. The van der Waals surface area contributed by atoms with Crippen LogP contribution in [0.3, 0.4) is 0 Å². The summed E-state index contributed by atoms with van der Waals surface area (Å²) >= 11 is 0. The van der Waals surface area contributed by atoms with Crippen LogP contribution >= 0.6 is 0 Å². The van der Waals surface area contributed by atoms with Gasteiger partial charge < -0.3 is 4.98 Å². The van der Waals surface area contributed by atoms with E-state index in [1.165, 1.54) is 5.56 Å². The molecule has 5 heteroatoms. The summed E-state index contributed by atoms with van der Waals surface area (Å²) in [6.45, 7) is 0.0496. The highest BCUT2D eigenvalue weighted by Crippen LogP contribution is 2.14. The summed E-state index contributed by atoms with van der Waals surface area (Å²) in [5, 5.41) is 0. The third-order valence-electron chi connectivity index (χ3n) is 2.58. The minimum atomic E-state index is -3.41. The maximum Gasteiger partial charge on any atom is 0.264 e. The minimum absolute atomic E-state index is 0.0496. The van der Waals surface area contributed by atoms with Crippen LogP contribution in [0.1, 0.15) is 16.8 Å². The van der Waals surface area contributed by atoms with E-state index in [1.54, 1.807) is 6.20 Å². The molecule has 0 atom stereocenters. The molecule has 0 radical (unpaired) electrons. The van der Waals surface area contributed by atoms with E-state index in [0.29, 0.717) is 0 Å². The van der Waals surface area contributed by atoms with Crippen molar-refractivity contribution in [3.8, 4) is 0 Å². The maximum absolute atomic E-state index is 11.0. The van der Waals surface area contributed by atoms with Gasteiger partial charge in [-0.3, -0.25) is 4.18 Å². The van der Waals surface area contributed by atoms with Crippen molar-refractivity contribution in [1.29, 1.82) is 0 Å². The van der Waals surface area contributed by atoms with Gasteiger partial charge in [0.15, 0.2) is 0 Å². The molecule has 1 heterocycles. The van der Waals surface area contributed by atoms with Gasteiger partial charge in [0.1, 0.15) is 6.61 Å². The van der Waals surface area contributed by atoms with Crippen LogP contribution in [0.5, 0.6) is 0 Å². The molecule has 4 nitrogen and oxygen atoms in total. The van der Waals surface area contributed by atoms with Gasteiger partial charge in [-0.25, -0.2) is 0 Å². The Morgan fingerprint density at radius 1 is 1.17 bits per heavy atom. The largest absolute Gasteiger partial charge is 0.363 e. The van der Waals surface area contributed by atoms with Crippen molar-refractivity contribution in [2.24, 2.45) is 0 Å². The van der Waals surface area contributed by atoms with Gasteiger partial charge in [-0.1, -0.05) is 30.3 Å². The molecule has 1 aromatic carbocycles. The van der Waals surface area contributed by atoms with Crippen LogP contribution in [0, 0.1) is 0 Å². The van der Waals surface area contributed by atoms with Gasteiger partial charge in [0.05, 0.1) is 6.26 Å². The zero-order valence-electron chi connectivity index (χ0n) is 10.1. The Labute approximate surface area is 107 Å². The third kappa shape index (κ3) is 3.72. The van der Waals surface area contributed by atoms with Crippen molar-refractivity contribution in [2.45, 2.75) is 13.0 Å². The molecule has 0 aliphatic rings. The zero-order chi connectivity index (χ0) is 13.0. The highest BCUT2D eigenvalue weighted by Gasteiger charge is 2.08. The van der Waals surface area contributed by atoms with E-state index in [0.717, 1.165) is 23.9 Å². The highest BCUT2D eigenvalue weighted by molar-refractivity contribution is 7.85. The Kier molecular flexibility index (Phi) is 3.84. The summed E-state index contributed by atoms with van der Waals surface area (Å²) in [7, 11) is -3.41. The number of aromatic amines is 1. The van der Waals surface area contributed by atoms with Crippen LogP contribution in [-0.4, -0.2) is 19.7 Å². The predicted molar refractivity (Wildman–Crippen MR) is 69.7 cm³/mol. The molecule has 0 unspecified atom stereocenters. The van der Waals surface area contributed by atoms with Gasteiger partial charge in [-0.2, -0.15) is 8.42 Å². The van der Waals surface area contributed by atoms with E-state index < -0.39 is 10.1 Å². The smallest absolute Gasteiger partial charge is 0.264 e. The molecule has 0 aliphatic carbocycles. The average Bonchev–Trinajstić information content (AvgIpc) is 2.74. The van der Waals surface area contributed by atoms with Crippen LogP contribution in [0.4, 0.5) is 0 Å². The summed E-state index contributed by atoms with van der Waals surface area (Å²) in [6.07, 6.45) is 3.60. The van der Waals surface area contributed by atoms with Gasteiger partial charge >= 0.3 is 0 Å². The normalized spacial score (nSPS) is 11.6. The molecule has 0 spiro atoms. The number of H-pyrrole nitrogens is 1. The SMILES string of the molecule is CS(=O)(=O)OCc1[nH]ccc1Cc1ccccc1. The fourth-order valence-electron chi connectivity index (χ4n) is 1.72. The number of nitrogens with one attached hydrogen (secondary N) is 1. The van der Waals surface area contributed by atoms with Crippen LogP contribution in [0.15, 0.2) is 42.6 Å². The van der Waals surface area contributed by atoms with Crippen LogP contribution in [0.2, 0.25) is 0 Å². The molecule has 0 aliphatic heterocycles. The van der Waals surface area contributed by atoms with E-state index in [9.17, 15) is 8.42 Å². The Balaban J connectivity index is 2.09. The quantitative estimate of drug-likeness (QED) is 0.842. The van der Waals surface area contributed by atoms with E-state index in [4.69, 9.17) is 4.18 Å². The lowest BCUT2D eigenvalue weighted by atomic mass is 10.1. The summed E-state index contributed by atoms with van der Waals surface area (Å²) in [5.74, 6) is 0. The van der Waals surface area contributed by atoms with Gasteiger partial charge in [0.25, 0.3) is 10.1 Å². The van der Waals surface area contributed by atoms with Gasteiger partial charge in [0.2, 0.25) is 0 Å². The number of hydrogen-bond acceptors (Lipinski definition) is 3. The molecule has 2 aromatic rings. The molecule has 1 N–H and O–H groups in total. The fourth-order valence-corrected chi connectivity index (χ4v) is 2.05. The fraction of sp³-hybridized carbons (Fsp3) is 0.231. The molecule has 0 saturated carbocycles. The highest BCUT2D eigenvalue weighted by atomic mass is 32.2. The summed E-state index contributed by atoms with van der Waals surface area (Å²) in [4.78, 5) is 3.01. The van der Waals surface area contributed by atoms with Gasteiger partial charge in [-0.05, 0) is 23.6 Å². The number of hydrogen-bond donors (Lipinski definition) is 1. The molecule has 18 heavy (non-hydrogen) atoms.